The Balaban J connectivity index is 1.27. The Bertz CT molecular complexity index is 2490. The van der Waals surface area contributed by atoms with Crippen LogP contribution in [0.5, 0.6) is 0 Å². The Morgan fingerprint density at radius 1 is 0.543 bits per heavy atom. The molecule has 2 aromatic heterocycles. The molecule has 0 spiro atoms. The molecule has 216 valence electrons. The lowest BCUT2D eigenvalue weighted by Crippen LogP contribution is -2.24. The van der Waals surface area contributed by atoms with Crippen molar-refractivity contribution >= 4 is 50.3 Å². The molecule has 10 rings (SSSR count). The fourth-order valence-corrected chi connectivity index (χ4v) is 7.80. The second-order valence-corrected chi connectivity index (χ2v) is 12.2. The minimum absolute atomic E-state index is 0.159. The number of hydrogen-bond acceptors (Lipinski definition) is 3. The van der Waals surface area contributed by atoms with Crippen LogP contribution in [-0.2, 0) is 0 Å². The van der Waals surface area contributed by atoms with Gasteiger partial charge in [-0.15, -0.1) is 0 Å². The quantitative estimate of drug-likeness (QED) is 0.206. The minimum Gasteiger partial charge on any atom is -0.333 e. The number of nitrogens with zero attached hydrogens (tertiary/aromatic N) is 4. The van der Waals surface area contributed by atoms with E-state index in [1.807, 2.05) is 24.3 Å². The topological polar surface area (TPSA) is 34.0 Å². The molecule has 0 saturated heterocycles. The van der Waals surface area contributed by atoms with E-state index in [1.54, 1.807) is 0 Å². The highest BCUT2D eigenvalue weighted by atomic mass is 15.2. The van der Waals surface area contributed by atoms with Gasteiger partial charge in [-0.2, -0.15) is 0 Å². The number of benzene rings is 6. The largest absolute Gasteiger partial charge is 0.333 e. The molecule has 0 N–H and O–H groups in total. The molecule has 8 aromatic rings. The molecular formula is C42H28N4. The number of rotatable bonds is 3. The lowest BCUT2D eigenvalue weighted by Gasteiger charge is -2.33. The highest BCUT2D eigenvalue weighted by Crippen LogP contribution is 2.56. The molecule has 0 amide bonds. The zero-order valence-electron chi connectivity index (χ0n) is 25.0. The molecule has 2 atom stereocenters. The molecule has 6 aromatic carbocycles. The Morgan fingerprint density at radius 2 is 1.24 bits per heavy atom. The normalized spacial score (nSPS) is 16.6. The predicted octanol–water partition coefficient (Wildman–Crippen LogP) is 10.4. The van der Waals surface area contributed by atoms with Gasteiger partial charge in [-0.25, -0.2) is 9.97 Å². The second kappa shape index (κ2) is 9.75. The standard InChI is InChI=1S/C42H28N4/c1-3-13-27(14-4-1)40-42(44-35-20-10-9-19-34(35)43-40)46-37-22-12-8-18-33(37)39-30-23-24-31-29-17-7-11-21-36(29)45(28-15-5-2-6-16-28)41(31)32(30)25-26-38(39)46/h1-26,31,41H. The van der Waals surface area contributed by atoms with Gasteiger partial charge in [0.2, 0.25) is 0 Å². The fraction of sp³-hybridized carbons (Fsp3) is 0.0476. The first-order chi connectivity index (χ1) is 22.8. The van der Waals surface area contributed by atoms with Crippen molar-refractivity contribution < 1.29 is 0 Å². The van der Waals surface area contributed by atoms with E-state index in [0.29, 0.717) is 0 Å². The summed E-state index contributed by atoms with van der Waals surface area (Å²) in [7, 11) is 0. The molecule has 0 bridgehead atoms. The Morgan fingerprint density at radius 3 is 2.09 bits per heavy atom. The summed E-state index contributed by atoms with van der Waals surface area (Å²) in [6.07, 6.45) is 4.79. The minimum atomic E-state index is 0.159. The van der Waals surface area contributed by atoms with Gasteiger partial charge in [0.15, 0.2) is 5.82 Å². The zero-order valence-corrected chi connectivity index (χ0v) is 25.0. The molecule has 0 saturated carbocycles. The van der Waals surface area contributed by atoms with Gasteiger partial charge in [0.1, 0.15) is 5.69 Å². The van der Waals surface area contributed by atoms with Gasteiger partial charge in [-0.3, -0.25) is 4.57 Å². The maximum absolute atomic E-state index is 5.31. The van der Waals surface area contributed by atoms with Crippen LogP contribution >= 0.6 is 0 Å². The van der Waals surface area contributed by atoms with Gasteiger partial charge in [-0.1, -0.05) is 115 Å². The molecule has 1 aliphatic heterocycles. The Kier molecular flexibility index (Phi) is 5.37. The van der Waals surface area contributed by atoms with Crippen LogP contribution < -0.4 is 4.90 Å². The molecule has 46 heavy (non-hydrogen) atoms. The monoisotopic (exact) mass is 588 g/mol. The summed E-state index contributed by atoms with van der Waals surface area (Å²) in [6.45, 7) is 0. The molecule has 0 fully saturated rings. The summed E-state index contributed by atoms with van der Waals surface area (Å²) in [4.78, 5) is 13.1. The van der Waals surface area contributed by atoms with Gasteiger partial charge in [0.25, 0.3) is 0 Å². The van der Waals surface area contributed by atoms with Crippen molar-refractivity contribution in [3.05, 3.63) is 168 Å². The van der Waals surface area contributed by atoms with Crippen molar-refractivity contribution in [3.63, 3.8) is 0 Å². The second-order valence-electron chi connectivity index (χ2n) is 12.2. The third-order valence-electron chi connectivity index (χ3n) is 9.72. The lowest BCUT2D eigenvalue weighted by molar-refractivity contribution is 0.668. The van der Waals surface area contributed by atoms with Crippen molar-refractivity contribution in [1.82, 2.24) is 14.5 Å². The van der Waals surface area contributed by atoms with Crippen LogP contribution in [0.4, 0.5) is 11.4 Å². The van der Waals surface area contributed by atoms with E-state index in [2.05, 4.69) is 143 Å². The van der Waals surface area contributed by atoms with E-state index in [1.165, 1.54) is 38.8 Å². The summed E-state index contributed by atoms with van der Waals surface area (Å²) in [5.74, 6) is 1.11. The number of fused-ring (bicyclic) bond motifs is 10. The van der Waals surface area contributed by atoms with Gasteiger partial charge in [0.05, 0.1) is 28.1 Å². The molecule has 4 nitrogen and oxygen atoms in total. The Labute approximate surface area is 266 Å². The van der Waals surface area contributed by atoms with Crippen molar-refractivity contribution in [1.29, 1.82) is 0 Å². The molecular weight excluding hydrogens is 560 g/mol. The maximum Gasteiger partial charge on any atom is 0.165 e. The molecule has 2 unspecified atom stereocenters. The van der Waals surface area contributed by atoms with Crippen LogP contribution in [0.1, 0.15) is 28.7 Å². The van der Waals surface area contributed by atoms with Crippen LogP contribution in [0.3, 0.4) is 0 Å². The fourth-order valence-electron chi connectivity index (χ4n) is 7.80. The summed E-state index contributed by atoms with van der Waals surface area (Å²) in [5.41, 5.74) is 12.4. The highest BCUT2D eigenvalue weighted by molar-refractivity contribution is 6.14. The van der Waals surface area contributed by atoms with Crippen LogP contribution in [0.2, 0.25) is 0 Å². The summed E-state index contributed by atoms with van der Waals surface area (Å²) < 4.78 is 2.32. The summed E-state index contributed by atoms with van der Waals surface area (Å²) in [6, 6.07) is 51.8. The van der Waals surface area contributed by atoms with Crippen LogP contribution in [-0.4, -0.2) is 14.5 Å². The van der Waals surface area contributed by atoms with Gasteiger partial charge < -0.3 is 4.90 Å². The molecule has 0 radical (unpaired) electrons. The maximum atomic E-state index is 5.31. The average Bonchev–Trinajstić information content (AvgIpc) is 3.65. The van der Waals surface area contributed by atoms with E-state index in [4.69, 9.17) is 9.97 Å². The first-order valence-corrected chi connectivity index (χ1v) is 15.9. The molecule has 4 heteroatoms. The van der Waals surface area contributed by atoms with E-state index >= 15 is 0 Å². The van der Waals surface area contributed by atoms with Crippen molar-refractivity contribution in [3.8, 4) is 17.1 Å². The van der Waals surface area contributed by atoms with Crippen LogP contribution in [0.25, 0.3) is 56.0 Å². The Hall–Kier alpha value is -6.00. The van der Waals surface area contributed by atoms with E-state index in [0.717, 1.165) is 39.1 Å². The molecule has 2 aliphatic rings. The van der Waals surface area contributed by atoms with Crippen LogP contribution in [0, 0.1) is 0 Å². The number of para-hydroxylation sites is 5. The smallest absolute Gasteiger partial charge is 0.165 e. The third-order valence-corrected chi connectivity index (χ3v) is 9.72. The molecule has 3 heterocycles. The van der Waals surface area contributed by atoms with E-state index in [9.17, 15) is 0 Å². The predicted molar refractivity (Wildman–Crippen MR) is 189 cm³/mol. The van der Waals surface area contributed by atoms with Gasteiger partial charge >= 0.3 is 0 Å². The number of hydrogen-bond donors (Lipinski definition) is 0. The number of aromatic nitrogens is 3. The van der Waals surface area contributed by atoms with Crippen molar-refractivity contribution in [2.24, 2.45) is 0 Å². The van der Waals surface area contributed by atoms with Gasteiger partial charge in [0, 0.05) is 33.6 Å². The first-order valence-electron chi connectivity index (χ1n) is 15.9. The third kappa shape index (κ3) is 3.55. The summed E-state index contributed by atoms with van der Waals surface area (Å²) in [5, 5.41) is 2.47. The van der Waals surface area contributed by atoms with E-state index in [-0.39, 0.29) is 12.0 Å². The van der Waals surface area contributed by atoms with Crippen molar-refractivity contribution in [2.45, 2.75) is 12.0 Å². The lowest BCUT2D eigenvalue weighted by atomic mass is 9.81. The summed E-state index contributed by atoms with van der Waals surface area (Å²) >= 11 is 0. The SMILES string of the molecule is C1=CC2c3ccccc3N(c3ccccc3)C2c2ccc3c(c21)c1ccccc1n3-c1nc2ccccc2nc1-c1ccccc1. The van der Waals surface area contributed by atoms with E-state index < -0.39 is 0 Å². The van der Waals surface area contributed by atoms with Gasteiger partial charge in [-0.05, 0) is 59.2 Å². The average molecular weight is 589 g/mol. The zero-order chi connectivity index (χ0) is 30.2. The highest BCUT2D eigenvalue weighted by Gasteiger charge is 2.42. The van der Waals surface area contributed by atoms with Crippen LogP contribution in [0.15, 0.2) is 152 Å². The first kappa shape index (κ1) is 25.3. The number of anilines is 2. The van der Waals surface area contributed by atoms with Crippen molar-refractivity contribution in [2.75, 3.05) is 4.90 Å². The molecule has 1 aliphatic carbocycles.